The van der Waals surface area contributed by atoms with Gasteiger partial charge in [0.2, 0.25) is 10.0 Å². The van der Waals surface area contributed by atoms with Gasteiger partial charge in [0.05, 0.1) is 6.04 Å². The molecule has 1 heterocycles. The van der Waals surface area contributed by atoms with Crippen molar-refractivity contribution in [1.82, 2.24) is 9.71 Å². The van der Waals surface area contributed by atoms with Crippen LogP contribution in [0.15, 0.2) is 22.4 Å². The minimum absolute atomic E-state index is 0.188. The van der Waals surface area contributed by atoms with E-state index < -0.39 is 26.8 Å². The first-order valence-corrected chi connectivity index (χ1v) is 8.57. The molecule has 0 aliphatic heterocycles. The van der Waals surface area contributed by atoms with Crippen LogP contribution in [0, 0.1) is 19.7 Å². The summed E-state index contributed by atoms with van der Waals surface area (Å²) in [6.45, 7) is 4.95. The minimum Gasteiger partial charge on any atom is -0.399 e. The topological polar surface area (TPSA) is 85.1 Å². The number of anilines is 1. The SMILES string of the molecule is Cc1csc(C(C)NS(=O)(=O)c2cc(N)cc(C)c2F)n1. The Bertz CT molecular complexity index is 772. The molecule has 0 saturated heterocycles. The van der Waals surface area contributed by atoms with Crippen LogP contribution in [0.25, 0.3) is 0 Å². The maximum absolute atomic E-state index is 14.0. The first-order valence-electron chi connectivity index (χ1n) is 6.20. The van der Waals surface area contributed by atoms with Crippen molar-refractivity contribution in [3.8, 4) is 0 Å². The number of thiazole rings is 1. The number of hydrogen-bond donors (Lipinski definition) is 2. The third-order valence-corrected chi connectivity index (χ3v) is 5.56. The molecular formula is C13H16FN3O2S2. The minimum atomic E-state index is -4.01. The van der Waals surface area contributed by atoms with Gasteiger partial charge in [-0.05, 0) is 38.5 Å². The fourth-order valence-electron chi connectivity index (χ4n) is 1.88. The number of hydrogen-bond acceptors (Lipinski definition) is 5. The predicted molar refractivity (Wildman–Crippen MR) is 81.1 cm³/mol. The standard InChI is InChI=1S/C13H16FN3O2S2/c1-7-4-10(15)5-11(12(7)14)21(18,19)17-9(3)13-16-8(2)6-20-13/h4-6,9,17H,15H2,1-3H3. The number of aromatic nitrogens is 1. The molecule has 21 heavy (non-hydrogen) atoms. The Hall–Kier alpha value is -1.51. The van der Waals surface area contributed by atoms with Crippen LogP contribution in [0.4, 0.5) is 10.1 Å². The fourth-order valence-corrected chi connectivity index (χ4v) is 4.15. The molecule has 114 valence electrons. The maximum atomic E-state index is 14.0. The molecular weight excluding hydrogens is 313 g/mol. The first-order chi connectivity index (χ1) is 9.70. The average Bonchev–Trinajstić information content (AvgIpc) is 2.80. The van der Waals surface area contributed by atoms with Gasteiger partial charge >= 0.3 is 0 Å². The van der Waals surface area contributed by atoms with Crippen LogP contribution in [0.1, 0.15) is 29.2 Å². The molecule has 2 rings (SSSR count). The highest BCUT2D eigenvalue weighted by molar-refractivity contribution is 7.89. The summed E-state index contributed by atoms with van der Waals surface area (Å²) in [5.74, 6) is -0.792. The molecule has 0 saturated carbocycles. The number of nitrogens with one attached hydrogen (secondary N) is 1. The Kier molecular flexibility index (Phi) is 4.31. The van der Waals surface area contributed by atoms with Crippen molar-refractivity contribution in [2.75, 3.05) is 5.73 Å². The second-order valence-corrected chi connectivity index (χ2v) is 7.39. The lowest BCUT2D eigenvalue weighted by molar-refractivity contribution is 0.543. The molecule has 0 amide bonds. The van der Waals surface area contributed by atoms with E-state index in [9.17, 15) is 12.8 Å². The quantitative estimate of drug-likeness (QED) is 0.844. The molecule has 1 aromatic heterocycles. The lowest BCUT2D eigenvalue weighted by Crippen LogP contribution is -2.28. The van der Waals surface area contributed by atoms with E-state index in [1.54, 1.807) is 6.92 Å². The number of aryl methyl sites for hydroxylation is 2. The summed E-state index contributed by atoms with van der Waals surface area (Å²) in [5, 5.41) is 2.45. The van der Waals surface area contributed by atoms with Crippen LogP contribution in [-0.2, 0) is 10.0 Å². The lowest BCUT2D eigenvalue weighted by Gasteiger charge is -2.14. The zero-order valence-corrected chi connectivity index (χ0v) is 13.5. The molecule has 1 aromatic carbocycles. The van der Waals surface area contributed by atoms with Crippen LogP contribution < -0.4 is 10.5 Å². The second kappa shape index (κ2) is 5.70. The first kappa shape index (κ1) is 15.9. The smallest absolute Gasteiger partial charge is 0.244 e. The Morgan fingerprint density at radius 2 is 2.05 bits per heavy atom. The monoisotopic (exact) mass is 329 g/mol. The zero-order valence-electron chi connectivity index (χ0n) is 11.8. The van der Waals surface area contributed by atoms with Gasteiger partial charge in [0.15, 0.2) is 0 Å². The second-order valence-electron chi connectivity index (χ2n) is 4.82. The van der Waals surface area contributed by atoms with Gasteiger partial charge < -0.3 is 5.73 Å². The van der Waals surface area contributed by atoms with E-state index in [1.807, 2.05) is 12.3 Å². The zero-order chi connectivity index (χ0) is 15.8. The maximum Gasteiger partial charge on any atom is 0.244 e. The Morgan fingerprint density at radius 3 is 2.62 bits per heavy atom. The molecule has 0 fully saturated rings. The summed E-state index contributed by atoms with van der Waals surface area (Å²) in [6.07, 6.45) is 0. The summed E-state index contributed by atoms with van der Waals surface area (Å²) >= 11 is 1.35. The van der Waals surface area contributed by atoms with E-state index in [1.165, 1.54) is 24.3 Å². The Labute approximate surface area is 127 Å². The molecule has 2 aromatic rings. The number of nitrogens with zero attached hydrogens (tertiary/aromatic N) is 1. The number of nitrogen functional groups attached to an aromatic ring is 1. The van der Waals surface area contributed by atoms with Gasteiger partial charge in [-0.15, -0.1) is 11.3 Å². The van der Waals surface area contributed by atoms with Crippen molar-refractivity contribution in [1.29, 1.82) is 0 Å². The van der Waals surface area contributed by atoms with Crippen LogP contribution in [0.5, 0.6) is 0 Å². The molecule has 0 spiro atoms. The molecule has 1 unspecified atom stereocenters. The number of halogens is 1. The fraction of sp³-hybridized carbons (Fsp3) is 0.308. The van der Waals surface area contributed by atoms with Gasteiger partial charge in [-0.25, -0.2) is 22.5 Å². The van der Waals surface area contributed by atoms with Crippen molar-refractivity contribution in [3.63, 3.8) is 0 Å². The Balaban J connectivity index is 2.35. The van der Waals surface area contributed by atoms with E-state index >= 15 is 0 Å². The summed E-state index contributed by atoms with van der Waals surface area (Å²) in [6, 6.07) is 1.96. The number of rotatable bonds is 4. The van der Waals surface area contributed by atoms with Crippen molar-refractivity contribution in [2.45, 2.75) is 31.7 Å². The molecule has 1 atom stereocenters. The largest absolute Gasteiger partial charge is 0.399 e. The van der Waals surface area contributed by atoms with Gasteiger partial charge in [0, 0.05) is 16.8 Å². The lowest BCUT2D eigenvalue weighted by atomic mass is 10.2. The highest BCUT2D eigenvalue weighted by atomic mass is 32.2. The van der Waals surface area contributed by atoms with Gasteiger partial charge in [0.1, 0.15) is 15.7 Å². The normalized spacial score (nSPS) is 13.3. The summed E-state index contributed by atoms with van der Waals surface area (Å²) in [5.41, 5.74) is 6.80. The summed E-state index contributed by atoms with van der Waals surface area (Å²) in [7, 11) is -4.01. The Morgan fingerprint density at radius 1 is 1.38 bits per heavy atom. The van der Waals surface area contributed by atoms with Crippen LogP contribution in [0.2, 0.25) is 0 Å². The van der Waals surface area contributed by atoms with Crippen molar-refractivity contribution < 1.29 is 12.8 Å². The highest BCUT2D eigenvalue weighted by Gasteiger charge is 2.24. The molecule has 0 aliphatic rings. The van der Waals surface area contributed by atoms with E-state index in [-0.39, 0.29) is 11.3 Å². The van der Waals surface area contributed by atoms with Gasteiger partial charge in [-0.2, -0.15) is 0 Å². The van der Waals surface area contributed by atoms with Crippen LogP contribution >= 0.6 is 11.3 Å². The molecule has 0 bridgehead atoms. The van der Waals surface area contributed by atoms with Gasteiger partial charge in [-0.1, -0.05) is 0 Å². The van der Waals surface area contributed by atoms with E-state index in [2.05, 4.69) is 9.71 Å². The molecule has 5 nitrogen and oxygen atoms in total. The highest BCUT2D eigenvalue weighted by Crippen LogP contribution is 2.24. The number of benzene rings is 1. The van der Waals surface area contributed by atoms with Gasteiger partial charge in [0.25, 0.3) is 0 Å². The van der Waals surface area contributed by atoms with Crippen molar-refractivity contribution in [2.24, 2.45) is 0 Å². The average molecular weight is 329 g/mol. The van der Waals surface area contributed by atoms with Crippen molar-refractivity contribution >= 4 is 27.0 Å². The molecule has 8 heteroatoms. The number of sulfonamides is 1. The molecule has 3 N–H and O–H groups in total. The predicted octanol–water partition coefficient (Wildman–Crippen LogP) is 2.52. The van der Waals surface area contributed by atoms with Crippen molar-refractivity contribution in [3.05, 3.63) is 39.6 Å². The third kappa shape index (κ3) is 3.39. The molecule has 0 radical (unpaired) electrons. The van der Waals surface area contributed by atoms with Crippen LogP contribution in [-0.4, -0.2) is 13.4 Å². The summed E-state index contributed by atoms with van der Waals surface area (Å²) in [4.78, 5) is 3.77. The summed E-state index contributed by atoms with van der Waals surface area (Å²) < 4.78 is 41.1. The van der Waals surface area contributed by atoms with Crippen LogP contribution in [0.3, 0.4) is 0 Å². The van der Waals surface area contributed by atoms with E-state index in [4.69, 9.17) is 5.73 Å². The van der Waals surface area contributed by atoms with E-state index in [0.29, 0.717) is 5.01 Å². The van der Waals surface area contributed by atoms with Gasteiger partial charge in [-0.3, -0.25) is 0 Å². The molecule has 0 aliphatic carbocycles. The third-order valence-electron chi connectivity index (χ3n) is 2.87. The number of nitrogens with two attached hydrogens (primary N) is 1. The van der Waals surface area contributed by atoms with E-state index in [0.717, 1.165) is 11.8 Å².